The van der Waals surface area contributed by atoms with Gasteiger partial charge in [-0.25, -0.2) is 0 Å². The van der Waals surface area contributed by atoms with Gasteiger partial charge in [0.15, 0.2) is 5.11 Å². The first kappa shape index (κ1) is 24.0. The largest absolute Gasteiger partial charge is 0.497 e. The van der Waals surface area contributed by atoms with Gasteiger partial charge in [-0.1, -0.05) is 20.8 Å². The number of carbonyl (C=O) groups is 2. The van der Waals surface area contributed by atoms with Crippen LogP contribution in [0.5, 0.6) is 11.5 Å². The minimum absolute atomic E-state index is 0.0846. The van der Waals surface area contributed by atoms with Crippen LogP contribution >= 0.6 is 23.6 Å². The second-order valence-electron chi connectivity index (χ2n) is 8.85. The predicted octanol–water partition coefficient (Wildman–Crippen LogP) is 4.14. The fourth-order valence-corrected chi connectivity index (χ4v) is 5.56. The molecule has 9 heteroatoms. The number of hydrogen-bond acceptors (Lipinski definition) is 6. The normalized spacial score (nSPS) is 15.5. The number of thiocarbonyl (C=S) groups is 1. The van der Waals surface area contributed by atoms with Gasteiger partial charge in [-0.15, -0.1) is 11.3 Å². The molecule has 0 saturated carbocycles. The highest BCUT2D eigenvalue weighted by atomic mass is 32.1. The Bertz CT molecular complexity index is 1060. The molecule has 1 heterocycles. The van der Waals surface area contributed by atoms with E-state index in [2.05, 4.69) is 31.4 Å². The maximum Gasteiger partial charge on any atom is 0.261 e. The summed E-state index contributed by atoms with van der Waals surface area (Å²) in [4.78, 5) is 26.1. The van der Waals surface area contributed by atoms with Gasteiger partial charge in [-0.2, -0.15) is 0 Å². The smallest absolute Gasteiger partial charge is 0.261 e. The maximum absolute atomic E-state index is 12.7. The highest BCUT2D eigenvalue weighted by Crippen LogP contribution is 2.44. The third-order valence-electron chi connectivity index (χ3n) is 5.84. The summed E-state index contributed by atoms with van der Waals surface area (Å²) in [5, 5.41) is 6.32. The van der Waals surface area contributed by atoms with E-state index in [0.29, 0.717) is 33.5 Å². The number of rotatable bonds is 5. The zero-order valence-electron chi connectivity index (χ0n) is 19.0. The van der Waals surface area contributed by atoms with Crippen LogP contribution in [0.1, 0.15) is 58.3 Å². The number of primary amides is 1. The van der Waals surface area contributed by atoms with Crippen molar-refractivity contribution >= 4 is 45.5 Å². The molecule has 0 saturated heterocycles. The SMILES string of the molecule is COc1ccc(C(=O)NC(=S)Nc2sc3c(c2C(N)=O)CC[C@H](C(C)(C)C)C3)c(OC)c1. The lowest BCUT2D eigenvalue weighted by Gasteiger charge is -2.33. The summed E-state index contributed by atoms with van der Waals surface area (Å²) >= 11 is 6.84. The Kier molecular flexibility index (Phi) is 7.09. The molecule has 2 aromatic rings. The molecule has 172 valence electrons. The summed E-state index contributed by atoms with van der Waals surface area (Å²) in [6.07, 6.45) is 2.70. The minimum Gasteiger partial charge on any atom is -0.497 e. The number of nitrogens with one attached hydrogen (secondary N) is 2. The lowest BCUT2D eigenvalue weighted by molar-refractivity contribution is 0.0972. The van der Waals surface area contributed by atoms with E-state index in [1.807, 2.05) is 0 Å². The van der Waals surface area contributed by atoms with E-state index in [4.69, 9.17) is 27.4 Å². The first-order chi connectivity index (χ1) is 15.0. The molecule has 32 heavy (non-hydrogen) atoms. The molecule has 0 bridgehead atoms. The molecule has 1 aliphatic carbocycles. The first-order valence-electron chi connectivity index (χ1n) is 10.3. The Morgan fingerprint density at radius 2 is 1.94 bits per heavy atom. The highest BCUT2D eigenvalue weighted by molar-refractivity contribution is 7.80. The van der Waals surface area contributed by atoms with Gasteiger partial charge >= 0.3 is 0 Å². The molecule has 1 aromatic carbocycles. The number of thiophene rings is 1. The summed E-state index contributed by atoms with van der Waals surface area (Å²) in [5.74, 6) is 0.531. The summed E-state index contributed by atoms with van der Waals surface area (Å²) in [7, 11) is 3.01. The standard InChI is InChI=1S/C23H29N3O4S2/c1-23(2,3)12-6-8-15-17(10-12)32-21(18(15)19(24)27)26-22(31)25-20(28)14-9-7-13(29-4)11-16(14)30-5/h7,9,11-12H,6,8,10H2,1-5H3,(H2,24,27)(H2,25,26,28,31)/t12-/m0/s1. The van der Waals surface area contributed by atoms with Crippen LogP contribution in [-0.2, 0) is 12.8 Å². The van der Waals surface area contributed by atoms with Gasteiger partial charge < -0.3 is 20.5 Å². The Morgan fingerprint density at radius 3 is 2.53 bits per heavy atom. The lowest BCUT2D eigenvalue weighted by atomic mass is 9.72. The summed E-state index contributed by atoms with van der Waals surface area (Å²) < 4.78 is 10.5. The van der Waals surface area contributed by atoms with Crippen LogP contribution in [0.15, 0.2) is 18.2 Å². The fourth-order valence-electron chi connectivity index (χ4n) is 3.96. The van der Waals surface area contributed by atoms with Crippen LogP contribution in [-0.4, -0.2) is 31.1 Å². The van der Waals surface area contributed by atoms with Gasteiger partial charge in [-0.3, -0.25) is 14.9 Å². The molecule has 1 atom stereocenters. The molecule has 0 fully saturated rings. The van der Waals surface area contributed by atoms with Gasteiger partial charge in [0.1, 0.15) is 16.5 Å². The van der Waals surface area contributed by atoms with Crippen LogP contribution in [0.2, 0.25) is 0 Å². The number of ether oxygens (including phenoxy) is 2. The van der Waals surface area contributed by atoms with Crippen molar-refractivity contribution in [1.82, 2.24) is 5.32 Å². The van der Waals surface area contributed by atoms with Gasteiger partial charge in [0, 0.05) is 10.9 Å². The summed E-state index contributed by atoms with van der Waals surface area (Å²) in [6.45, 7) is 6.72. The quantitative estimate of drug-likeness (QED) is 0.562. The Morgan fingerprint density at radius 1 is 1.22 bits per heavy atom. The number of methoxy groups -OCH3 is 2. The van der Waals surface area contributed by atoms with Gasteiger partial charge in [0.2, 0.25) is 0 Å². The number of carbonyl (C=O) groups excluding carboxylic acids is 2. The van der Waals surface area contributed by atoms with E-state index < -0.39 is 11.8 Å². The minimum atomic E-state index is -0.495. The monoisotopic (exact) mass is 475 g/mol. The highest BCUT2D eigenvalue weighted by Gasteiger charge is 2.33. The third-order valence-corrected chi connectivity index (χ3v) is 7.22. The number of benzene rings is 1. The predicted molar refractivity (Wildman–Crippen MR) is 131 cm³/mol. The first-order valence-corrected chi connectivity index (χ1v) is 11.6. The van der Waals surface area contributed by atoms with Crippen molar-refractivity contribution in [1.29, 1.82) is 0 Å². The Labute approximate surface area is 197 Å². The van der Waals surface area contributed by atoms with Crippen molar-refractivity contribution in [2.75, 3.05) is 19.5 Å². The van der Waals surface area contributed by atoms with Crippen LogP contribution in [0.25, 0.3) is 0 Å². The zero-order chi connectivity index (χ0) is 23.6. The van der Waals surface area contributed by atoms with E-state index >= 15 is 0 Å². The average molecular weight is 476 g/mol. The fraction of sp³-hybridized carbons (Fsp3) is 0.435. The number of anilines is 1. The van der Waals surface area contributed by atoms with E-state index in [1.165, 1.54) is 25.6 Å². The molecule has 1 aromatic heterocycles. The summed E-state index contributed by atoms with van der Waals surface area (Å²) in [5.41, 5.74) is 7.67. The molecule has 0 spiro atoms. The third kappa shape index (κ3) is 5.05. The number of nitrogens with two attached hydrogens (primary N) is 1. The molecule has 0 unspecified atom stereocenters. The molecule has 7 nitrogen and oxygen atoms in total. The van der Waals surface area contributed by atoms with E-state index in [9.17, 15) is 9.59 Å². The van der Waals surface area contributed by atoms with Crippen LogP contribution in [0.3, 0.4) is 0 Å². The van der Waals surface area contributed by atoms with Crippen LogP contribution < -0.4 is 25.8 Å². The van der Waals surface area contributed by atoms with Gasteiger partial charge in [0.25, 0.3) is 11.8 Å². The maximum atomic E-state index is 12.7. The van der Waals surface area contributed by atoms with Crippen LogP contribution in [0.4, 0.5) is 5.00 Å². The van der Waals surface area contributed by atoms with Crippen LogP contribution in [0, 0.1) is 11.3 Å². The van der Waals surface area contributed by atoms with Gasteiger partial charge in [-0.05, 0) is 60.5 Å². The average Bonchev–Trinajstić information content (AvgIpc) is 3.09. The molecule has 0 aliphatic heterocycles. The van der Waals surface area contributed by atoms with Crippen molar-refractivity contribution in [2.45, 2.75) is 40.0 Å². The molecule has 2 amide bonds. The van der Waals surface area contributed by atoms with Crippen molar-refractivity contribution in [2.24, 2.45) is 17.1 Å². The van der Waals surface area contributed by atoms with Crippen molar-refractivity contribution < 1.29 is 19.1 Å². The Balaban J connectivity index is 1.79. The molecular formula is C23H29N3O4S2. The van der Waals surface area contributed by atoms with E-state index in [0.717, 1.165) is 29.7 Å². The van der Waals surface area contributed by atoms with E-state index in [1.54, 1.807) is 18.2 Å². The lowest BCUT2D eigenvalue weighted by Crippen LogP contribution is -2.34. The van der Waals surface area contributed by atoms with Crippen molar-refractivity contribution in [3.05, 3.63) is 39.8 Å². The van der Waals surface area contributed by atoms with Gasteiger partial charge in [0.05, 0.1) is 25.3 Å². The van der Waals surface area contributed by atoms with Crippen molar-refractivity contribution in [3.63, 3.8) is 0 Å². The molecule has 1 aliphatic rings. The Hall–Kier alpha value is -2.65. The molecular weight excluding hydrogens is 446 g/mol. The summed E-state index contributed by atoms with van der Waals surface area (Å²) in [6, 6.07) is 4.88. The number of hydrogen-bond donors (Lipinski definition) is 3. The molecule has 0 radical (unpaired) electrons. The van der Waals surface area contributed by atoms with Crippen molar-refractivity contribution in [3.8, 4) is 11.5 Å². The zero-order valence-corrected chi connectivity index (χ0v) is 20.6. The number of fused-ring (bicyclic) bond motifs is 1. The number of amides is 2. The topological polar surface area (TPSA) is 103 Å². The second-order valence-corrected chi connectivity index (χ2v) is 10.4. The molecule has 4 N–H and O–H groups in total. The molecule has 3 rings (SSSR count). The van der Waals surface area contributed by atoms with E-state index in [-0.39, 0.29) is 10.5 Å². The second kappa shape index (κ2) is 9.46.